The predicted molar refractivity (Wildman–Crippen MR) is 63.0 cm³/mol. The van der Waals surface area contributed by atoms with E-state index in [-0.39, 0.29) is 11.7 Å². The normalized spacial score (nSPS) is 35.4. The second kappa shape index (κ2) is 4.55. The molecule has 4 N–H and O–H groups in total. The zero-order valence-corrected chi connectivity index (χ0v) is 10.2. The maximum absolute atomic E-state index is 14.0. The van der Waals surface area contributed by atoms with Gasteiger partial charge in [0.15, 0.2) is 6.10 Å². The van der Waals surface area contributed by atoms with Crippen LogP contribution in [0.2, 0.25) is 0 Å². The summed E-state index contributed by atoms with van der Waals surface area (Å²) in [6.45, 7) is 4.77. The first-order chi connectivity index (χ1) is 8.75. The van der Waals surface area contributed by atoms with Gasteiger partial charge >= 0.3 is 5.92 Å². The van der Waals surface area contributed by atoms with E-state index in [2.05, 4.69) is 11.6 Å². The van der Waals surface area contributed by atoms with E-state index in [0.29, 0.717) is 0 Å². The number of hydrogen-bond donors (Lipinski definition) is 3. The number of halogens is 2. The molecule has 0 amide bonds. The van der Waals surface area contributed by atoms with Gasteiger partial charge in [0, 0.05) is 6.20 Å². The van der Waals surface area contributed by atoms with Crippen LogP contribution in [0.25, 0.3) is 0 Å². The lowest BCUT2D eigenvalue weighted by molar-refractivity contribution is -0.149. The van der Waals surface area contributed by atoms with Crippen molar-refractivity contribution in [2.24, 2.45) is 10.7 Å². The van der Waals surface area contributed by atoms with E-state index in [1.165, 1.54) is 19.2 Å². The third-order valence-corrected chi connectivity index (χ3v) is 3.01. The van der Waals surface area contributed by atoms with E-state index in [1.54, 1.807) is 0 Å². The number of hydrogen-bond acceptors (Lipinski definition) is 6. The van der Waals surface area contributed by atoms with Crippen molar-refractivity contribution in [3.05, 3.63) is 24.7 Å². The number of alkyl halides is 2. The van der Waals surface area contributed by atoms with Crippen molar-refractivity contribution in [1.82, 2.24) is 4.90 Å². The summed E-state index contributed by atoms with van der Waals surface area (Å²) < 4.78 is 33.0. The molecule has 106 valence electrons. The van der Waals surface area contributed by atoms with Crippen LogP contribution in [-0.4, -0.2) is 51.4 Å². The molecule has 0 aromatic heterocycles. The molecule has 6 nitrogen and oxygen atoms in total. The Morgan fingerprint density at radius 2 is 2.26 bits per heavy atom. The van der Waals surface area contributed by atoms with Crippen LogP contribution < -0.4 is 5.73 Å². The van der Waals surface area contributed by atoms with Crippen molar-refractivity contribution in [1.29, 1.82) is 0 Å². The van der Waals surface area contributed by atoms with Crippen LogP contribution in [0.4, 0.5) is 8.78 Å². The standard InChI is InChI=1S/C11H15F2N3O3/c1-5(17)8-9(18)11(12,13)10(19-8)16-4-3-7(14)15-6(16)2/h3-5,8-10,17-18H,2H2,1H3,(H2,14,15)/t5?,8-,9+,10-/m1/s1. The van der Waals surface area contributed by atoms with Crippen LogP contribution in [-0.2, 0) is 4.74 Å². The summed E-state index contributed by atoms with van der Waals surface area (Å²) in [5.41, 5.74) is 5.41. The summed E-state index contributed by atoms with van der Waals surface area (Å²) in [4.78, 5) is 4.72. The highest BCUT2D eigenvalue weighted by Crippen LogP contribution is 2.40. The summed E-state index contributed by atoms with van der Waals surface area (Å²) >= 11 is 0. The molecule has 0 spiro atoms. The van der Waals surface area contributed by atoms with E-state index in [9.17, 15) is 19.0 Å². The Balaban J connectivity index is 2.26. The molecule has 2 heterocycles. The average Bonchev–Trinajstić information content (AvgIpc) is 2.52. The molecule has 1 fully saturated rings. The number of aliphatic hydroxyl groups is 2. The number of ether oxygens (including phenoxy) is 1. The van der Waals surface area contributed by atoms with Crippen molar-refractivity contribution in [2.75, 3.05) is 0 Å². The van der Waals surface area contributed by atoms with E-state index < -0.39 is 30.5 Å². The van der Waals surface area contributed by atoms with Gasteiger partial charge in [-0.3, -0.25) is 0 Å². The highest BCUT2D eigenvalue weighted by Gasteiger charge is 2.61. The molecule has 2 aliphatic heterocycles. The van der Waals surface area contributed by atoms with Gasteiger partial charge in [0.05, 0.1) is 6.10 Å². The highest BCUT2D eigenvalue weighted by molar-refractivity contribution is 5.92. The van der Waals surface area contributed by atoms with Gasteiger partial charge in [0.2, 0.25) is 6.23 Å². The summed E-state index contributed by atoms with van der Waals surface area (Å²) in [5, 5.41) is 18.9. The van der Waals surface area contributed by atoms with Crippen LogP contribution in [0, 0.1) is 0 Å². The SMILES string of the molecule is C=C1N=C(N)C=CN1[C@@H]1O[C@H](C(C)O)[C@H](O)C1(F)F. The lowest BCUT2D eigenvalue weighted by Crippen LogP contribution is -2.47. The molecule has 0 aromatic rings. The molecule has 2 aliphatic rings. The number of amidine groups is 1. The Kier molecular flexibility index (Phi) is 3.33. The number of aliphatic hydroxyl groups excluding tert-OH is 2. The first kappa shape index (κ1) is 13.9. The Morgan fingerprint density at radius 3 is 2.74 bits per heavy atom. The summed E-state index contributed by atoms with van der Waals surface area (Å²) in [7, 11) is 0. The molecule has 0 radical (unpaired) electrons. The van der Waals surface area contributed by atoms with Crippen molar-refractivity contribution in [3.8, 4) is 0 Å². The first-order valence-electron chi connectivity index (χ1n) is 5.64. The molecule has 1 saturated heterocycles. The molecular weight excluding hydrogens is 260 g/mol. The molecule has 1 unspecified atom stereocenters. The van der Waals surface area contributed by atoms with Crippen LogP contribution in [0.3, 0.4) is 0 Å². The molecule has 8 heteroatoms. The zero-order chi connectivity index (χ0) is 14.4. The third-order valence-electron chi connectivity index (χ3n) is 3.01. The van der Waals surface area contributed by atoms with Crippen LogP contribution >= 0.6 is 0 Å². The molecule has 0 aromatic carbocycles. The minimum Gasteiger partial charge on any atom is -0.391 e. The molecule has 0 saturated carbocycles. The van der Waals surface area contributed by atoms with Crippen LogP contribution in [0.5, 0.6) is 0 Å². The van der Waals surface area contributed by atoms with Gasteiger partial charge in [-0.15, -0.1) is 0 Å². The molecule has 2 rings (SSSR count). The minimum absolute atomic E-state index is 0.0249. The topological polar surface area (TPSA) is 91.3 Å². The minimum atomic E-state index is -3.57. The van der Waals surface area contributed by atoms with E-state index in [1.807, 2.05) is 0 Å². The van der Waals surface area contributed by atoms with Gasteiger partial charge in [-0.1, -0.05) is 6.58 Å². The van der Waals surface area contributed by atoms with Crippen molar-refractivity contribution in [3.63, 3.8) is 0 Å². The molecule has 19 heavy (non-hydrogen) atoms. The van der Waals surface area contributed by atoms with Gasteiger partial charge in [0.25, 0.3) is 0 Å². The Bertz CT molecular complexity index is 450. The number of rotatable bonds is 2. The van der Waals surface area contributed by atoms with Gasteiger partial charge in [-0.25, -0.2) is 4.99 Å². The Hall–Kier alpha value is -1.51. The zero-order valence-electron chi connectivity index (χ0n) is 10.2. The summed E-state index contributed by atoms with van der Waals surface area (Å²) in [5.74, 6) is -3.46. The average molecular weight is 275 g/mol. The Morgan fingerprint density at radius 1 is 1.63 bits per heavy atom. The fourth-order valence-electron chi connectivity index (χ4n) is 2.01. The quantitative estimate of drug-likeness (QED) is 0.646. The lowest BCUT2D eigenvalue weighted by Gasteiger charge is -2.31. The van der Waals surface area contributed by atoms with Gasteiger partial charge < -0.3 is 25.6 Å². The first-order valence-corrected chi connectivity index (χ1v) is 5.64. The van der Waals surface area contributed by atoms with Crippen molar-refractivity contribution in [2.45, 2.75) is 37.4 Å². The molecule has 0 bridgehead atoms. The van der Waals surface area contributed by atoms with Crippen LogP contribution in [0.15, 0.2) is 29.7 Å². The van der Waals surface area contributed by atoms with Crippen molar-refractivity contribution < 1.29 is 23.7 Å². The van der Waals surface area contributed by atoms with E-state index in [0.717, 1.165) is 4.90 Å². The van der Waals surface area contributed by atoms with Crippen LogP contribution in [0.1, 0.15) is 6.92 Å². The van der Waals surface area contributed by atoms with E-state index >= 15 is 0 Å². The lowest BCUT2D eigenvalue weighted by atomic mass is 10.1. The third kappa shape index (κ3) is 2.22. The summed E-state index contributed by atoms with van der Waals surface area (Å²) in [6, 6.07) is 0. The molecular formula is C11H15F2N3O3. The summed E-state index contributed by atoms with van der Waals surface area (Å²) in [6.07, 6.45) is -3.95. The second-order valence-corrected chi connectivity index (χ2v) is 4.49. The monoisotopic (exact) mass is 275 g/mol. The smallest absolute Gasteiger partial charge is 0.320 e. The Labute approximate surface area is 108 Å². The molecule has 0 aliphatic carbocycles. The van der Waals surface area contributed by atoms with E-state index in [4.69, 9.17) is 10.5 Å². The second-order valence-electron chi connectivity index (χ2n) is 4.49. The van der Waals surface area contributed by atoms with Gasteiger partial charge in [-0.2, -0.15) is 8.78 Å². The fourth-order valence-corrected chi connectivity index (χ4v) is 2.01. The van der Waals surface area contributed by atoms with Crippen molar-refractivity contribution >= 4 is 5.84 Å². The van der Waals surface area contributed by atoms with Gasteiger partial charge in [0.1, 0.15) is 17.8 Å². The maximum Gasteiger partial charge on any atom is 0.320 e. The number of nitrogens with zero attached hydrogens (tertiary/aromatic N) is 2. The number of nitrogens with two attached hydrogens (primary N) is 1. The maximum atomic E-state index is 14.0. The van der Waals surface area contributed by atoms with Gasteiger partial charge in [-0.05, 0) is 13.0 Å². The predicted octanol–water partition coefficient (Wildman–Crippen LogP) is -0.254. The molecule has 4 atom stereocenters. The fraction of sp³-hybridized carbons (Fsp3) is 0.545. The largest absolute Gasteiger partial charge is 0.391 e. The number of aliphatic imine (C=N–C) groups is 1. The highest BCUT2D eigenvalue weighted by atomic mass is 19.3.